The van der Waals surface area contributed by atoms with E-state index in [1.54, 1.807) is 6.26 Å². The predicted molar refractivity (Wildman–Crippen MR) is 50.8 cm³/mol. The van der Waals surface area contributed by atoms with E-state index in [0.29, 0.717) is 0 Å². The van der Waals surface area contributed by atoms with E-state index in [1.165, 1.54) is 5.56 Å². The SMILES string of the molecule is C/C=C\O[C@@H](C)c1ccccc1. The average molecular weight is 162 g/mol. The minimum Gasteiger partial charge on any atom is -0.494 e. The van der Waals surface area contributed by atoms with Crippen LogP contribution in [0.4, 0.5) is 0 Å². The molecular formula is C11H14O. The Morgan fingerprint density at radius 1 is 1.25 bits per heavy atom. The monoisotopic (exact) mass is 162 g/mol. The molecule has 1 aromatic rings. The zero-order chi connectivity index (χ0) is 8.81. The van der Waals surface area contributed by atoms with Crippen LogP contribution in [0, 0.1) is 0 Å². The first-order valence-corrected chi connectivity index (χ1v) is 4.16. The second-order valence-corrected chi connectivity index (χ2v) is 2.66. The summed E-state index contributed by atoms with van der Waals surface area (Å²) in [7, 11) is 0. The summed E-state index contributed by atoms with van der Waals surface area (Å²) in [5, 5.41) is 0. The summed E-state index contributed by atoms with van der Waals surface area (Å²) >= 11 is 0. The highest BCUT2D eigenvalue weighted by Gasteiger charge is 2.01. The molecule has 1 rings (SSSR count). The van der Waals surface area contributed by atoms with E-state index in [1.807, 2.05) is 38.1 Å². The maximum Gasteiger partial charge on any atom is 0.120 e. The Morgan fingerprint density at radius 2 is 1.92 bits per heavy atom. The number of hydrogen-bond donors (Lipinski definition) is 0. The standard InChI is InChI=1S/C11H14O/c1-3-9-12-10(2)11-7-5-4-6-8-11/h3-10H,1-2H3/b9-3-/t10-/m0/s1. The third-order valence-electron chi connectivity index (χ3n) is 1.69. The van der Waals surface area contributed by atoms with Gasteiger partial charge < -0.3 is 4.74 Å². The van der Waals surface area contributed by atoms with E-state index in [0.717, 1.165) is 0 Å². The molecule has 1 atom stereocenters. The molecule has 0 aliphatic heterocycles. The molecule has 0 heterocycles. The fourth-order valence-corrected chi connectivity index (χ4v) is 0.999. The summed E-state index contributed by atoms with van der Waals surface area (Å²) in [4.78, 5) is 0. The van der Waals surface area contributed by atoms with Crippen molar-refractivity contribution in [3.05, 3.63) is 48.2 Å². The Morgan fingerprint density at radius 3 is 2.50 bits per heavy atom. The number of rotatable bonds is 3. The smallest absolute Gasteiger partial charge is 0.120 e. The van der Waals surface area contributed by atoms with Gasteiger partial charge >= 0.3 is 0 Å². The highest BCUT2D eigenvalue weighted by atomic mass is 16.5. The van der Waals surface area contributed by atoms with Crippen LogP contribution in [0.2, 0.25) is 0 Å². The lowest BCUT2D eigenvalue weighted by Gasteiger charge is -2.10. The molecule has 12 heavy (non-hydrogen) atoms. The highest BCUT2D eigenvalue weighted by molar-refractivity contribution is 5.16. The van der Waals surface area contributed by atoms with Gasteiger partial charge in [0.05, 0.1) is 6.26 Å². The van der Waals surface area contributed by atoms with Gasteiger partial charge in [-0.05, 0) is 19.4 Å². The van der Waals surface area contributed by atoms with Crippen molar-refractivity contribution in [2.24, 2.45) is 0 Å². The molecule has 64 valence electrons. The van der Waals surface area contributed by atoms with Gasteiger partial charge in [0, 0.05) is 0 Å². The molecule has 0 saturated carbocycles. The third kappa shape index (κ3) is 2.42. The lowest BCUT2D eigenvalue weighted by molar-refractivity contribution is 0.164. The van der Waals surface area contributed by atoms with Crippen LogP contribution in [0.3, 0.4) is 0 Å². The summed E-state index contributed by atoms with van der Waals surface area (Å²) in [5.74, 6) is 0. The molecule has 0 bridgehead atoms. The van der Waals surface area contributed by atoms with Crippen LogP contribution in [0.1, 0.15) is 25.5 Å². The molecule has 0 unspecified atom stereocenters. The second-order valence-electron chi connectivity index (χ2n) is 2.66. The van der Waals surface area contributed by atoms with Crippen molar-refractivity contribution >= 4 is 0 Å². The molecule has 0 amide bonds. The van der Waals surface area contributed by atoms with Crippen LogP contribution in [-0.4, -0.2) is 0 Å². The van der Waals surface area contributed by atoms with Gasteiger partial charge in [-0.15, -0.1) is 0 Å². The number of allylic oxidation sites excluding steroid dienone is 1. The van der Waals surface area contributed by atoms with E-state index in [4.69, 9.17) is 4.74 Å². The van der Waals surface area contributed by atoms with Gasteiger partial charge in [-0.2, -0.15) is 0 Å². The Hall–Kier alpha value is -1.24. The number of benzene rings is 1. The molecule has 1 nitrogen and oxygen atoms in total. The van der Waals surface area contributed by atoms with Crippen molar-refractivity contribution in [1.29, 1.82) is 0 Å². The Kier molecular flexibility index (Phi) is 3.39. The molecule has 0 fully saturated rings. The minimum absolute atomic E-state index is 0.141. The van der Waals surface area contributed by atoms with Crippen molar-refractivity contribution in [3.63, 3.8) is 0 Å². The molecule has 0 aromatic heterocycles. The van der Waals surface area contributed by atoms with Crippen molar-refractivity contribution in [1.82, 2.24) is 0 Å². The summed E-state index contributed by atoms with van der Waals surface area (Å²) in [6.45, 7) is 3.98. The first-order chi connectivity index (χ1) is 5.84. The molecule has 0 radical (unpaired) electrons. The van der Waals surface area contributed by atoms with Crippen molar-refractivity contribution in [3.8, 4) is 0 Å². The summed E-state index contributed by atoms with van der Waals surface area (Å²) in [5.41, 5.74) is 1.20. The number of hydrogen-bond acceptors (Lipinski definition) is 1. The van der Waals surface area contributed by atoms with E-state index in [9.17, 15) is 0 Å². The first kappa shape index (κ1) is 8.85. The molecule has 0 aliphatic rings. The van der Waals surface area contributed by atoms with Crippen LogP contribution in [0.25, 0.3) is 0 Å². The van der Waals surface area contributed by atoms with E-state index < -0.39 is 0 Å². The molecule has 0 N–H and O–H groups in total. The van der Waals surface area contributed by atoms with Gasteiger partial charge in [-0.3, -0.25) is 0 Å². The zero-order valence-electron chi connectivity index (χ0n) is 7.53. The van der Waals surface area contributed by atoms with Crippen LogP contribution in [0.15, 0.2) is 42.7 Å². The first-order valence-electron chi connectivity index (χ1n) is 4.16. The zero-order valence-corrected chi connectivity index (χ0v) is 7.53. The quantitative estimate of drug-likeness (QED) is 0.619. The van der Waals surface area contributed by atoms with Gasteiger partial charge in [-0.1, -0.05) is 36.4 Å². The summed E-state index contributed by atoms with van der Waals surface area (Å²) in [6.07, 6.45) is 3.75. The molecular weight excluding hydrogens is 148 g/mol. The Balaban J connectivity index is 2.59. The van der Waals surface area contributed by atoms with Gasteiger partial charge in [0.25, 0.3) is 0 Å². The molecule has 0 aliphatic carbocycles. The maximum atomic E-state index is 5.40. The van der Waals surface area contributed by atoms with E-state index in [-0.39, 0.29) is 6.10 Å². The fraction of sp³-hybridized carbons (Fsp3) is 0.273. The fourth-order valence-electron chi connectivity index (χ4n) is 0.999. The van der Waals surface area contributed by atoms with Crippen molar-refractivity contribution in [2.45, 2.75) is 20.0 Å². The molecule has 1 heteroatoms. The predicted octanol–water partition coefficient (Wildman–Crippen LogP) is 3.30. The molecule has 1 aromatic carbocycles. The van der Waals surface area contributed by atoms with Crippen LogP contribution >= 0.6 is 0 Å². The van der Waals surface area contributed by atoms with Crippen LogP contribution in [0.5, 0.6) is 0 Å². The topological polar surface area (TPSA) is 9.23 Å². The Bertz CT molecular complexity index is 238. The lowest BCUT2D eigenvalue weighted by Crippen LogP contribution is -1.93. The van der Waals surface area contributed by atoms with Gasteiger partial charge in [0.1, 0.15) is 6.10 Å². The van der Waals surface area contributed by atoms with Crippen LogP contribution < -0.4 is 0 Å². The van der Waals surface area contributed by atoms with E-state index >= 15 is 0 Å². The van der Waals surface area contributed by atoms with Gasteiger partial charge in [-0.25, -0.2) is 0 Å². The average Bonchev–Trinajstić information content (AvgIpc) is 2.15. The number of ether oxygens (including phenoxy) is 1. The van der Waals surface area contributed by atoms with Crippen molar-refractivity contribution in [2.75, 3.05) is 0 Å². The minimum atomic E-state index is 0.141. The highest BCUT2D eigenvalue weighted by Crippen LogP contribution is 2.15. The van der Waals surface area contributed by atoms with E-state index in [2.05, 4.69) is 12.1 Å². The maximum absolute atomic E-state index is 5.40. The normalized spacial score (nSPS) is 13.2. The summed E-state index contributed by atoms with van der Waals surface area (Å²) in [6, 6.07) is 10.2. The van der Waals surface area contributed by atoms with Crippen LogP contribution in [-0.2, 0) is 4.74 Å². The molecule has 0 spiro atoms. The second kappa shape index (κ2) is 4.60. The molecule has 0 saturated heterocycles. The van der Waals surface area contributed by atoms with Gasteiger partial charge in [0.2, 0.25) is 0 Å². The van der Waals surface area contributed by atoms with Gasteiger partial charge in [0.15, 0.2) is 0 Å². The third-order valence-corrected chi connectivity index (χ3v) is 1.69. The largest absolute Gasteiger partial charge is 0.494 e. The van der Waals surface area contributed by atoms with Crippen molar-refractivity contribution < 1.29 is 4.74 Å². The Labute approximate surface area is 73.7 Å². The lowest BCUT2D eigenvalue weighted by atomic mass is 10.1. The summed E-state index contributed by atoms with van der Waals surface area (Å²) < 4.78 is 5.40.